The van der Waals surface area contributed by atoms with Crippen molar-refractivity contribution in [2.75, 3.05) is 0 Å². The molecule has 0 unspecified atom stereocenters. The Morgan fingerprint density at radius 3 is 2.80 bits per heavy atom. The minimum atomic E-state index is -0.298. The van der Waals surface area contributed by atoms with Crippen molar-refractivity contribution in [3.05, 3.63) is 40.3 Å². The normalized spacial score (nSPS) is 10.6. The van der Waals surface area contributed by atoms with Gasteiger partial charge in [-0.05, 0) is 34.1 Å². The summed E-state index contributed by atoms with van der Waals surface area (Å²) in [5.74, 6) is 0.300. The summed E-state index contributed by atoms with van der Waals surface area (Å²) in [5, 5.41) is 3.84. The predicted octanol–water partition coefficient (Wildman–Crippen LogP) is 2.70. The molecule has 1 aromatic carbocycles. The van der Waals surface area contributed by atoms with Crippen molar-refractivity contribution in [2.45, 2.75) is 6.54 Å². The lowest BCUT2D eigenvalue weighted by molar-refractivity contribution is 0.387. The molecule has 78 valence electrons. The first kappa shape index (κ1) is 10.3. The Labute approximate surface area is 94.2 Å². The van der Waals surface area contributed by atoms with Crippen LogP contribution in [0.15, 0.2) is 33.3 Å². The molecular formula is C10H8BrFN2O. The highest BCUT2D eigenvalue weighted by atomic mass is 79.9. The van der Waals surface area contributed by atoms with Gasteiger partial charge in [0.1, 0.15) is 11.5 Å². The van der Waals surface area contributed by atoms with Crippen LogP contribution in [0.5, 0.6) is 0 Å². The summed E-state index contributed by atoms with van der Waals surface area (Å²) in [6.45, 7) is 0.297. The van der Waals surface area contributed by atoms with E-state index in [9.17, 15) is 4.39 Å². The van der Waals surface area contributed by atoms with Crippen molar-refractivity contribution >= 4 is 15.9 Å². The number of hydrogen-bond donors (Lipinski definition) is 1. The van der Waals surface area contributed by atoms with Gasteiger partial charge in [0.25, 0.3) is 0 Å². The molecule has 0 radical (unpaired) electrons. The van der Waals surface area contributed by atoms with Crippen molar-refractivity contribution < 1.29 is 8.91 Å². The first-order valence-corrected chi connectivity index (χ1v) is 5.11. The number of hydrogen-bond acceptors (Lipinski definition) is 3. The van der Waals surface area contributed by atoms with Crippen LogP contribution in [0, 0.1) is 5.82 Å². The second-order valence-electron chi connectivity index (χ2n) is 3.01. The third kappa shape index (κ3) is 2.08. The molecule has 2 aromatic rings. The Morgan fingerprint density at radius 2 is 2.20 bits per heavy atom. The lowest BCUT2D eigenvalue weighted by Crippen LogP contribution is -1.92. The van der Waals surface area contributed by atoms with Crippen LogP contribution in [0.2, 0.25) is 0 Å². The molecule has 0 bridgehead atoms. The van der Waals surface area contributed by atoms with E-state index < -0.39 is 0 Å². The van der Waals surface area contributed by atoms with Gasteiger partial charge < -0.3 is 10.3 Å². The van der Waals surface area contributed by atoms with Crippen molar-refractivity contribution in [1.82, 2.24) is 5.16 Å². The second-order valence-corrected chi connectivity index (χ2v) is 3.86. The number of rotatable bonds is 2. The summed E-state index contributed by atoms with van der Waals surface area (Å²) in [5.41, 5.74) is 6.82. The molecule has 15 heavy (non-hydrogen) atoms. The van der Waals surface area contributed by atoms with Crippen LogP contribution in [0.1, 0.15) is 5.76 Å². The van der Waals surface area contributed by atoms with Gasteiger partial charge in [-0.15, -0.1) is 0 Å². The lowest BCUT2D eigenvalue weighted by Gasteiger charge is -1.98. The average molecular weight is 271 g/mol. The zero-order valence-electron chi connectivity index (χ0n) is 7.71. The molecule has 2 rings (SSSR count). The molecule has 0 spiro atoms. The van der Waals surface area contributed by atoms with E-state index in [0.717, 1.165) is 5.56 Å². The number of aromatic nitrogens is 1. The van der Waals surface area contributed by atoms with E-state index in [2.05, 4.69) is 21.1 Å². The average Bonchev–Trinajstić information content (AvgIpc) is 2.66. The third-order valence-corrected chi connectivity index (χ3v) is 2.62. The summed E-state index contributed by atoms with van der Waals surface area (Å²) in [6.07, 6.45) is 0. The SMILES string of the molecule is NCc1cc(-c2ccc(F)cc2Br)no1. The standard InChI is InChI=1S/C10H8BrFN2O/c11-9-3-6(12)1-2-8(9)10-4-7(5-13)15-14-10/h1-4H,5,13H2. The van der Waals surface area contributed by atoms with Crippen LogP contribution in [-0.4, -0.2) is 5.16 Å². The van der Waals surface area contributed by atoms with Crippen LogP contribution in [0.25, 0.3) is 11.3 Å². The quantitative estimate of drug-likeness (QED) is 0.913. The fraction of sp³-hybridized carbons (Fsp3) is 0.100. The monoisotopic (exact) mass is 270 g/mol. The highest BCUT2D eigenvalue weighted by Crippen LogP contribution is 2.28. The first-order valence-electron chi connectivity index (χ1n) is 4.32. The van der Waals surface area contributed by atoms with E-state index in [-0.39, 0.29) is 5.82 Å². The number of halogens is 2. The molecule has 5 heteroatoms. The summed E-state index contributed by atoms with van der Waals surface area (Å²) in [4.78, 5) is 0. The maximum Gasteiger partial charge on any atom is 0.150 e. The van der Waals surface area contributed by atoms with Gasteiger partial charge in [-0.3, -0.25) is 0 Å². The molecule has 0 atom stereocenters. The molecule has 1 aromatic heterocycles. The fourth-order valence-electron chi connectivity index (χ4n) is 1.23. The van der Waals surface area contributed by atoms with Gasteiger partial charge in [-0.2, -0.15) is 0 Å². The molecule has 0 aliphatic heterocycles. The van der Waals surface area contributed by atoms with E-state index in [1.54, 1.807) is 12.1 Å². The summed E-state index contributed by atoms with van der Waals surface area (Å²) in [6, 6.07) is 6.12. The molecule has 0 amide bonds. The first-order chi connectivity index (χ1) is 7.20. The van der Waals surface area contributed by atoms with Crippen molar-refractivity contribution in [2.24, 2.45) is 5.73 Å². The Morgan fingerprint density at radius 1 is 1.40 bits per heavy atom. The van der Waals surface area contributed by atoms with Gasteiger partial charge in [0.05, 0.1) is 6.54 Å². The topological polar surface area (TPSA) is 52.0 Å². The van der Waals surface area contributed by atoms with Crippen LogP contribution < -0.4 is 5.73 Å². The second kappa shape index (κ2) is 4.12. The van der Waals surface area contributed by atoms with Gasteiger partial charge in [0, 0.05) is 16.1 Å². The smallest absolute Gasteiger partial charge is 0.150 e. The minimum Gasteiger partial charge on any atom is -0.359 e. The molecule has 0 saturated carbocycles. The summed E-state index contributed by atoms with van der Waals surface area (Å²) in [7, 11) is 0. The zero-order chi connectivity index (χ0) is 10.8. The molecule has 1 heterocycles. The van der Waals surface area contributed by atoms with Gasteiger partial charge in [0.15, 0.2) is 5.76 Å². The van der Waals surface area contributed by atoms with Gasteiger partial charge in [0.2, 0.25) is 0 Å². The van der Waals surface area contributed by atoms with Gasteiger partial charge in [-0.25, -0.2) is 4.39 Å². The Bertz CT molecular complexity index is 484. The van der Waals surface area contributed by atoms with Crippen LogP contribution in [0.4, 0.5) is 4.39 Å². The lowest BCUT2D eigenvalue weighted by atomic mass is 10.1. The third-order valence-electron chi connectivity index (χ3n) is 1.97. The van der Waals surface area contributed by atoms with Gasteiger partial charge in [-0.1, -0.05) is 5.16 Å². The van der Waals surface area contributed by atoms with Gasteiger partial charge >= 0.3 is 0 Å². The van der Waals surface area contributed by atoms with E-state index in [0.29, 0.717) is 22.5 Å². The highest BCUT2D eigenvalue weighted by Gasteiger charge is 2.09. The molecule has 0 aliphatic rings. The van der Waals surface area contributed by atoms with E-state index in [4.69, 9.17) is 10.3 Å². The maximum absolute atomic E-state index is 12.8. The molecule has 3 nitrogen and oxygen atoms in total. The molecule has 0 fully saturated rings. The Hall–Kier alpha value is -1.20. The van der Waals surface area contributed by atoms with Crippen molar-refractivity contribution in [1.29, 1.82) is 0 Å². The number of nitrogens with zero attached hydrogens (tertiary/aromatic N) is 1. The molecule has 2 N–H and O–H groups in total. The molecular weight excluding hydrogens is 263 g/mol. The number of nitrogens with two attached hydrogens (primary N) is 1. The van der Waals surface area contributed by atoms with E-state index >= 15 is 0 Å². The summed E-state index contributed by atoms with van der Waals surface area (Å²) >= 11 is 3.26. The molecule has 0 saturated heterocycles. The minimum absolute atomic E-state index is 0.297. The zero-order valence-corrected chi connectivity index (χ0v) is 9.29. The van der Waals surface area contributed by atoms with Crippen LogP contribution >= 0.6 is 15.9 Å². The largest absolute Gasteiger partial charge is 0.359 e. The van der Waals surface area contributed by atoms with Crippen LogP contribution in [-0.2, 0) is 6.54 Å². The van der Waals surface area contributed by atoms with Crippen LogP contribution in [0.3, 0.4) is 0 Å². The highest BCUT2D eigenvalue weighted by molar-refractivity contribution is 9.10. The fourth-order valence-corrected chi connectivity index (χ4v) is 1.79. The maximum atomic E-state index is 12.8. The predicted molar refractivity (Wildman–Crippen MR) is 57.5 cm³/mol. The summed E-state index contributed by atoms with van der Waals surface area (Å²) < 4.78 is 18.4. The van der Waals surface area contributed by atoms with E-state index in [1.807, 2.05) is 0 Å². The van der Waals surface area contributed by atoms with Crippen molar-refractivity contribution in [3.63, 3.8) is 0 Å². The van der Waals surface area contributed by atoms with E-state index in [1.165, 1.54) is 12.1 Å². The number of benzene rings is 1. The van der Waals surface area contributed by atoms with Crippen molar-refractivity contribution in [3.8, 4) is 11.3 Å². The molecule has 0 aliphatic carbocycles. The Kier molecular flexibility index (Phi) is 2.83. The Balaban J connectivity index is 2.44.